The van der Waals surface area contributed by atoms with Crippen LogP contribution in [0.15, 0.2) is 0 Å². The van der Waals surface area contributed by atoms with E-state index in [2.05, 4.69) is 19.9 Å². The van der Waals surface area contributed by atoms with Crippen LogP contribution in [-0.4, -0.2) is 32.0 Å². The second kappa shape index (κ2) is 4.83. The zero-order valence-electron chi connectivity index (χ0n) is 8.42. The van der Waals surface area contributed by atoms with Crippen LogP contribution in [0.3, 0.4) is 0 Å². The van der Waals surface area contributed by atoms with Crippen molar-refractivity contribution in [2.45, 2.75) is 25.6 Å². The third kappa shape index (κ3) is 4.19. The Morgan fingerprint density at radius 3 is 2.62 bits per heavy atom. The topological polar surface area (TPSA) is 74.7 Å². The molecule has 0 aliphatic heterocycles. The van der Waals surface area contributed by atoms with Crippen LogP contribution in [0.1, 0.15) is 18.6 Å². The highest BCUT2D eigenvalue weighted by molar-refractivity contribution is 8.14. The Morgan fingerprint density at radius 2 is 2.19 bits per heavy atom. The molecule has 0 aliphatic carbocycles. The lowest BCUT2D eigenvalue weighted by Gasteiger charge is -2.13. The van der Waals surface area contributed by atoms with E-state index < -0.39 is 11.8 Å². The van der Waals surface area contributed by atoms with Crippen molar-refractivity contribution >= 4 is 16.8 Å². The normalized spacial score (nSPS) is 13.8. The molecule has 0 aromatic carbocycles. The van der Waals surface area contributed by atoms with Crippen molar-refractivity contribution in [1.29, 1.82) is 5.41 Å². The molecular formula is C7H9F3N4OS. The van der Waals surface area contributed by atoms with Crippen LogP contribution in [0.2, 0.25) is 0 Å². The molecule has 5 nitrogen and oxygen atoms in total. The number of hydrogen-bond acceptors (Lipinski definition) is 5. The van der Waals surface area contributed by atoms with Gasteiger partial charge in [-0.1, -0.05) is 11.8 Å². The Kier molecular flexibility index (Phi) is 3.92. The SMILES string of the molecule is Cc1nc(C(=N)SC(C)OC(F)(F)F)n[nH]1. The molecule has 0 saturated heterocycles. The molecule has 1 rings (SSSR count). The molecular weight excluding hydrogens is 245 g/mol. The number of ether oxygens (including phenoxy) is 1. The maximum atomic E-state index is 11.8. The summed E-state index contributed by atoms with van der Waals surface area (Å²) in [7, 11) is 0. The number of alkyl halides is 3. The van der Waals surface area contributed by atoms with E-state index in [1.807, 2.05) is 0 Å². The summed E-state index contributed by atoms with van der Waals surface area (Å²) in [6.45, 7) is 2.83. The van der Waals surface area contributed by atoms with E-state index in [9.17, 15) is 13.2 Å². The maximum Gasteiger partial charge on any atom is 0.523 e. The van der Waals surface area contributed by atoms with Crippen molar-refractivity contribution < 1.29 is 17.9 Å². The summed E-state index contributed by atoms with van der Waals surface area (Å²) in [5.74, 6) is 0.546. The van der Waals surface area contributed by atoms with Crippen LogP contribution < -0.4 is 0 Å². The van der Waals surface area contributed by atoms with Crippen molar-refractivity contribution in [3.05, 3.63) is 11.6 Å². The molecule has 90 valence electrons. The third-order valence-electron chi connectivity index (χ3n) is 1.38. The molecule has 0 fully saturated rings. The highest BCUT2D eigenvalue weighted by Gasteiger charge is 2.32. The number of aromatic nitrogens is 3. The lowest BCUT2D eigenvalue weighted by atomic mass is 10.6. The van der Waals surface area contributed by atoms with Gasteiger partial charge in [0.2, 0.25) is 5.82 Å². The Labute approximate surface area is 93.3 Å². The van der Waals surface area contributed by atoms with E-state index >= 15 is 0 Å². The summed E-state index contributed by atoms with van der Waals surface area (Å²) in [4.78, 5) is 3.81. The molecule has 0 amide bonds. The summed E-state index contributed by atoms with van der Waals surface area (Å²) in [6.07, 6.45) is -4.71. The van der Waals surface area contributed by atoms with Gasteiger partial charge in [0.1, 0.15) is 16.3 Å². The van der Waals surface area contributed by atoms with Crippen LogP contribution in [-0.2, 0) is 4.74 Å². The van der Waals surface area contributed by atoms with Crippen LogP contribution in [0.25, 0.3) is 0 Å². The number of rotatable bonds is 3. The number of halogens is 3. The van der Waals surface area contributed by atoms with Gasteiger partial charge in [0.25, 0.3) is 0 Å². The van der Waals surface area contributed by atoms with Gasteiger partial charge in [-0.3, -0.25) is 15.2 Å². The molecule has 0 radical (unpaired) electrons. The van der Waals surface area contributed by atoms with Crippen molar-refractivity contribution in [2.75, 3.05) is 0 Å². The Morgan fingerprint density at radius 1 is 1.56 bits per heavy atom. The number of nitrogens with zero attached hydrogens (tertiary/aromatic N) is 2. The Hall–Kier alpha value is -1.09. The Bertz CT molecular complexity index is 378. The van der Waals surface area contributed by atoms with Gasteiger partial charge in [0, 0.05) is 0 Å². The smallest absolute Gasteiger partial charge is 0.290 e. The van der Waals surface area contributed by atoms with Crippen molar-refractivity contribution in [2.24, 2.45) is 0 Å². The lowest BCUT2D eigenvalue weighted by molar-refractivity contribution is -0.328. The van der Waals surface area contributed by atoms with Crippen LogP contribution in [0.4, 0.5) is 13.2 Å². The number of H-pyrrole nitrogens is 1. The highest BCUT2D eigenvalue weighted by Crippen LogP contribution is 2.25. The quantitative estimate of drug-likeness (QED) is 0.492. The predicted octanol–water partition coefficient (Wildman–Crippen LogP) is 2.05. The number of hydrogen-bond donors (Lipinski definition) is 2. The van der Waals surface area contributed by atoms with Crippen LogP contribution >= 0.6 is 11.8 Å². The molecule has 0 bridgehead atoms. The molecule has 9 heteroatoms. The minimum Gasteiger partial charge on any atom is -0.290 e. The summed E-state index contributed by atoms with van der Waals surface area (Å²) >= 11 is 0.589. The lowest BCUT2D eigenvalue weighted by Crippen LogP contribution is -2.20. The molecule has 0 aliphatic rings. The van der Waals surface area contributed by atoms with E-state index in [1.165, 1.54) is 6.92 Å². The highest BCUT2D eigenvalue weighted by atomic mass is 32.2. The minimum absolute atomic E-state index is 0.0557. The fourth-order valence-electron chi connectivity index (χ4n) is 0.875. The molecule has 1 aromatic heterocycles. The van der Waals surface area contributed by atoms with Crippen molar-refractivity contribution in [1.82, 2.24) is 15.2 Å². The average molecular weight is 254 g/mol. The minimum atomic E-state index is -4.71. The summed E-state index contributed by atoms with van der Waals surface area (Å²) < 4.78 is 39.2. The third-order valence-corrected chi connectivity index (χ3v) is 2.23. The molecule has 2 N–H and O–H groups in total. The number of aromatic amines is 1. The molecule has 1 heterocycles. The van der Waals surface area contributed by atoms with Crippen molar-refractivity contribution in [3.8, 4) is 0 Å². The number of thioether (sulfide) groups is 1. The van der Waals surface area contributed by atoms with Gasteiger partial charge in [0.15, 0.2) is 0 Å². The fraction of sp³-hybridized carbons (Fsp3) is 0.571. The van der Waals surface area contributed by atoms with E-state index in [0.717, 1.165) is 0 Å². The largest absolute Gasteiger partial charge is 0.523 e. The standard InChI is InChI=1S/C7H9F3N4OS/c1-3-12-6(14-13-3)5(11)16-4(2)15-7(8,9)10/h4,11H,1-2H3,(H,12,13,14). The number of aryl methyl sites for hydroxylation is 1. The van der Waals surface area contributed by atoms with Gasteiger partial charge in [-0.25, -0.2) is 4.98 Å². The zero-order chi connectivity index (χ0) is 12.3. The molecule has 1 aromatic rings. The molecule has 1 atom stereocenters. The fourth-order valence-corrected chi connectivity index (χ4v) is 1.56. The first-order valence-corrected chi connectivity index (χ1v) is 5.05. The molecule has 0 spiro atoms. The average Bonchev–Trinajstić information content (AvgIpc) is 2.47. The second-order valence-electron chi connectivity index (χ2n) is 2.82. The second-order valence-corrected chi connectivity index (χ2v) is 4.13. The van der Waals surface area contributed by atoms with Gasteiger partial charge in [-0.15, -0.1) is 13.2 Å². The summed E-state index contributed by atoms with van der Waals surface area (Å²) in [5.41, 5.74) is -1.22. The van der Waals surface area contributed by atoms with Gasteiger partial charge in [-0.2, -0.15) is 5.10 Å². The summed E-state index contributed by atoms with van der Waals surface area (Å²) in [5, 5.41) is 13.4. The van der Waals surface area contributed by atoms with Crippen LogP contribution in [0.5, 0.6) is 0 Å². The van der Waals surface area contributed by atoms with Crippen LogP contribution in [0, 0.1) is 12.3 Å². The van der Waals surface area contributed by atoms with Gasteiger partial charge < -0.3 is 0 Å². The first kappa shape index (κ1) is 13.0. The predicted molar refractivity (Wildman–Crippen MR) is 52.1 cm³/mol. The first-order valence-electron chi connectivity index (χ1n) is 4.17. The van der Waals surface area contributed by atoms with E-state index in [4.69, 9.17) is 5.41 Å². The van der Waals surface area contributed by atoms with E-state index in [1.54, 1.807) is 6.92 Å². The van der Waals surface area contributed by atoms with Crippen molar-refractivity contribution in [3.63, 3.8) is 0 Å². The molecule has 16 heavy (non-hydrogen) atoms. The molecule has 0 saturated carbocycles. The Balaban J connectivity index is 2.52. The van der Waals surface area contributed by atoms with E-state index in [-0.39, 0.29) is 10.9 Å². The van der Waals surface area contributed by atoms with Gasteiger partial charge in [0.05, 0.1) is 0 Å². The first-order chi connectivity index (χ1) is 7.28. The maximum absolute atomic E-state index is 11.8. The summed E-state index contributed by atoms with van der Waals surface area (Å²) in [6, 6.07) is 0. The molecule has 1 unspecified atom stereocenters. The van der Waals surface area contributed by atoms with Gasteiger partial charge >= 0.3 is 6.36 Å². The number of nitrogens with one attached hydrogen (secondary N) is 2. The monoisotopic (exact) mass is 254 g/mol. The van der Waals surface area contributed by atoms with E-state index in [0.29, 0.717) is 17.6 Å². The zero-order valence-corrected chi connectivity index (χ0v) is 9.24. The van der Waals surface area contributed by atoms with Gasteiger partial charge in [-0.05, 0) is 13.8 Å².